The van der Waals surface area contributed by atoms with Gasteiger partial charge >= 0.3 is 0 Å². The van der Waals surface area contributed by atoms with Crippen LogP contribution in [0.15, 0.2) is 18.2 Å². The van der Waals surface area contributed by atoms with Gasteiger partial charge in [-0.25, -0.2) is 0 Å². The van der Waals surface area contributed by atoms with E-state index < -0.39 is 0 Å². The van der Waals surface area contributed by atoms with Crippen molar-refractivity contribution in [2.75, 3.05) is 11.9 Å². The number of hydrogen-bond donors (Lipinski definition) is 1. The van der Waals surface area contributed by atoms with Crippen LogP contribution in [0.1, 0.15) is 31.4 Å². The van der Waals surface area contributed by atoms with Crippen LogP contribution in [0, 0.1) is 0 Å². The van der Waals surface area contributed by atoms with E-state index in [9.17, 15) is 0 Å². The molecule has 0 amide bonds. The molecule has 100 valence electrons. The van der Waals surface area contributed by atoms with Crippen molar-refractivity contribution in [2.24, 2.45) is 0 Å². The van der Waals surface area contributed by atoms with Crippen molar-refractivity contribution in [1.82, 2.24) is 14.8 Å². The van der Waals surface area contributed by atoms with Crippen LogP contribution < -0.4 is 5.32 Å². The first kappa shape index (κ1) is 12.2. The summed E-state index contributed by atoms with van der Waals surface area (Å²) >= 11 is 0. The van der Waals surface area contributed by atoms with Gasteiger partial charge in [-0.15, -0.1) is 10.2 Å². The SMILES string of the molecule is CCNc1nnc(-c2ccc3c(c2)CCC3)n1CC. The number of benzene rings is 1. The van der Waals surface area contributed by atoms with Crippen LogP contribution in [0.5, 0.6) is 0 Å². The summed E-state index contributed by atoms with van der Waals surface area (Å²) in [6.45, 7) is 5.94. The standard InChI is InChI=1S/C15H20N4/c1-3-16-15-18-17-14(19(15)4-2)13-9-8-11-6-5-7-12(11)10-13/h8-10H,3-7H2,1-2H3,(H,16,18). The van der Waals surface area contributed by atoms with E-state index in [1.807, 2.05) is 0 Å². The van der Waals surface area contributed by atoms with E-state index in [-0.39, 0.29) is 0 Å². The summed E-state index contributed by atoms with van der Waals surface area (Å²) in [4.78, 5) is 0. The number of nitrogens with one attached hydrogen (secondary N) is 1. The lowest BCUT2D eigenvalue weighted by atomic mass is 10.1. The van der Waals surface area contributed by atoms with Gasteiger partial charge in [-0.3, -0.25) is 4.57 Å². The Morgan fingerprint density at radius 1 is 1.16 bits per heavy atom. The van der Waals surface area contributed by atoms with Gasteiger partial charge in [0.1, 0.15) is 0 Å². The third-order valence-corrected chi connectivity index (χ3v) is 3.76. The summed E-state index contributed by atoms with van der Waals surface area (Å²) in [5, 5.41) is 11.9. The molecule has 1 heterocycles. The highest BCUT2D eigenvalue weighted by molar-refractivity contribution is 5.60. The maximum Gasteiger partial charge on any atom is 0.224 e. The molecule has 0 atom stereocenters. The molecule has 2 aromatic rings. The van der Waals surface area contributed by atoms with Gasteiger partial charge in [-0.1, -0.05) is 12.1 Å². The average Bonchev–Trinajstić information content (AvgIpc) is 3.04. The molecule has 1 aliphatic carbocycles. The van der Waals surface area contributed by atoms with Gasteiger partial charge < -0.3 is 5.32 Å². The largest absolute Gasteiger partial charge is 0.355 e. The van der Waals surface area contributed by atoms with Crippen LogP contribution in [-0.2, 0) is 19.4 Å². The molecule has 0 bridgehead atoms. The second-order valence-corrected chi connectivity index (χ2v) is 4.96. The highest BCUT2D eigenvalue weighted by Gasteiger charge is 2.15. The Balaban J connectivity index is 2.02. The maximum atomic E-state index is 4.35. The average molecular weight is 256 g/mol. The highest BCUT2D eigenvalue weighted by Crippen LogP contribution is 2.28. The summed E-state index contributed by atoms with van der Waals surface area (Å²) in [5.74, 6) is 1.83. The topological polar surface area (TPSA) is 42.7 Å². The van der Waals surface area contributed by atoms with Crippen LogP contribution >= 0.6 is 0 Å². The molecule has 0 radical (unpaired) electrons. The van der Waals surface area contributed by atoms with Gasteiger partial charge in [0, 0.05) is 18.7 Å². The fourth-order valence-electron chi connectivity index (χ4n) is 2.82. The summed E-state index contributed by atoms with van der Waals surface area (Å²) in [5.41, 5.74) is 4.16. The van der Waals surface area contributed by atoms with Gasteiger partial charge in [-0.05, 0) is 50.3 Å². The first-order valence-corrected chi connectivity index (χ1v) is 7.12. The summed E-state index contributed by atoms with van der Waals surface area (Å²) in [6, 6.07) is 6.71. The Bertz CT molecular complexity index is 586. The Morgan fingerprint density at radius 3 is 2.79 bits per heavy atom. The second-order valence-electron chi connectivity index (χ2n) is 4.96. The lowest BCUT2D eigenvalue weighted by Crippen LogP contribution is -2.07. The predicted octanol–water partition coefficient (Wildman–Crippen LogP) is 2.89. The first-order chi connectivity index (χ1) is 9.33. The van der Waals surface area contributed by atoms with Crippen molar-refractivity contribution in [1.29, 1.82) is 0 Å². The maximum absolute atomic E-state index is 4.35. The number of aryl methyl sites for hydroxylation is 2. The van der Waals surface area contributed by atoms with E-state index in [0.29, 0.717) is 0 Å². The van der Waals surface area contributed by atoms with E-state index in [4.69, 9.17) is 0 Å². The number of rotatable bonds is 4. The van der Waals surface area contributed by atoms with E-state index >= 15 is 0 Å². The lowest BCUT2D eigenvalue weighted by molar-refractivity contribution is 0.770. The molecule has 4 nitrogen and oxygen atoms in total. The molecule has 4 heteroatoms. The second kappa shape index (κ2) is 5.03. The molecule has 0 spiro atoms. The van der Waals surface area contributed by atoms with E-state index in [0.717, 1.165) is 24.9 Å². The number of nitrogens with zero attached hydrogens (tertiary/aromatic N) is 3. The first-order valence-electron chi connectivity index (χ1n) is 7.12. The predicted molar refractivity (Wildman–Crippen MR) is 77.3 cm³/mol. The molecule has 1 aliphatic rings. The number of anilines is 1. The zero-order chi connectivity index (χ0) is 13.2. The third kappa shape index (κ3) is 2.11. The van der Waals surface area contributed by atoms with Crippen molar-refractivity contribution in [3.8, 4) is 11.4 Å². The minimum Gasteiger partial charge on any atom is -0.355 e. The molecule has 0 fully saturated rings. The Kier molecular flexibility index (Phi) is 3.23. The smallest absolute Gasteiger partial charge is 0.224 e. The summed E-state index contributed by atoms with van der Waals surface area (Å²) in [6.07, 6.45) is 3.70. The van der Waals surface area contributed by atoms with Crippen molar-refractivity contribution in [2.45, 2.75) is 39.7 Å². The molecule has 0 unspecified atom stereocenters. The van der Waals surface area contributed by atoms with Crippen molar-refractivity contribution >= 4 is 5.95 Å². The highest BCUT2D eigenvalue weighted by atomic mass is 15.3. The minimum absolute atomic E-state index is 0.862. The fraction of sp³-hybridized carbons (Fsp3) is 0.467. The minimum atomic E-state index is 0.862. The van der Waals surface area contributed by atoms with Crippen LogP contribution in [0.2, 0.25) is 0 Å². The monoisotopic (exact) mass is 256 g/mol. The van der Waals surface area contributed by atoms with E-state index in [1.165, 1.54) is 36.0 Å². The number of hydrogen-bond acceptors (Lipinski definition) is 3. The molecule has 0 saturated heterocycles. The van der Waals surface area contributed by atoms with Gasteiger partial charge in [-0.2, -0.15) is 0 Å². The van der Waals surface area contributed by atoms with Crippen molar-refractivity contribution in [3.05, 3.63) is 29.3 Å². The van der Waals surface area contributed by atoms with Gasteiger partial charge in [0.25, 0.3) is 0 Å². The van der Waals surface area contributed by atoms with Gasteiger partial charge in [0.2, 0.25) is 5.95 Å². The fourth-order valence-corrected chi connectivity index (χ4v) is 2.82. The van der Waals surface area contributed by atoms with Crippen LogP contribution in [-0.4, -0.2) is 21.3 Å². The van der Waals surface area contributed by atoms with Crippen LogP contribution in [0.3, 0.4) is 0 Å². The molecule has 0 saturated carbocycles. The summed E-state index contributed by atoms with van der Waals surface area (Å²) < 4.78 is 2.14. The van der Waals surface area contributed by atoms with Crippen LogP contribution in [0.25, 0.3) is 11.4 Å². The molecule has 0 aliphatic heterocycles. The Morgan fingerprint density at radius 2 is 2.00 bits per heavy atom. The lowest BCUT2D eigenvalue weighted by Gasteiger charge is -2.09. The quantitative estimate of drug-likeness (QED) is 0.914. The van der Waals surface area contributed by atoms with Crippen LogP contribution in [0.4, 0.5) is 5.95 Å². The van der Waals surface area contributed by atoms with Gasteiger partial charge in [0.05, 0.1) is 0 Å². The molecule has 1 N–H and O–H groups in total. The normalized spacial score (nSPS) is 13.6. The number of aromatic nitrogens is 3. The van der Waals surface area contributed by atoms with Crippen molar-refractivity contribution < 1.29 is 0 Å². The van der Waals surface area contributed by atoms with Crippen molar-refractivity contribution in [3.63, 3.8) is 0 Å². The zero-order valence-electron chi connectivity index (χ0n) is 11.6. The Hall–Kier alpha value is -1.84. The van der Waals surface area contributed by atoms with E-state index in [1.54, 1.807) is 0 Å². The summed E-state index contributed by atoms with van der Waals surface area (Å²) in [7, 11) is 0. The molecule has 3 rings (SSSR count). The molecule has 1 aromatic heterocycles. The zero-order valence-corrected chi connectivity index (χ0v) is 11.6. The molecule has 19 heavy (non-hydrogen) atoms. The molecular formula is C15H20N4. The van der Waals surface area contributed by atoms with Gasteiger partial charge in [0.15, 0.2) is 5.82 Å². The third-order valence-electron chi connectivity index (χ3n) is 3.76. The number of fused-ring (bicyclic) bond motifs is 1. The molecule has 1 aromatic carbocycles. The van der Waals surface area contributed by atoms with E-state index in [2.05, 4.69) is 52.1 Å². The molecular weight excluding hydrogens is 236 g/mol. The Labute approximate surface area is 113 Å².